The van der Waals surface area contributed by atoms with Gasteiger partial charge in [-0.3, -0.25) is 0 Å². The van der Waals surface area contributed by atoms with Crippen molar-refractivity contribution in [1.29, 1.82) is 0 Å². The number of aromatic nitrogens is 4. The molecule has 17 heavy (non-hydrogen) atoms. The van der Waals surface area contributed by atoms with Crippen molar-refractivity contribution in [1.82, 2.24) is 19.6 Å². The molecule has 0 fully saturated rings. The summed E-state index contributed by atoms with van der Waals surface area (Å²) in [5.41, 5.74) is 0.637. The predicted molar refractivity (Wildman–Crippen MR) is 55.8 cm³/mol. The van der Waals surface area contributed by atoms with Crippen molar-refractivity contribution in [3.8, 4) is 0 Å². The third-order valence-corrected chi connectivity index (χ3v) is 2.54. The Bertz CT molecular complexity index is 805. The fourth-order valence-electron chi connectivity index (χ4n) is 1.79. The normalized spacial score (nSPS) is 11.5. The predicted octanol–water partition coefficient (Wildman–Crippen LogP) is 1.16. The molecule has 0 aliphatic rings. The Hall–Kier alpha value is -2.31. The highest BCUT2D eigenvalue weighted by atomic mass is 19.2. The zero-order chi connectivity index (χ0) is 12.2. The first-order valence-electron chi connectivity index (χ1n) is 4.80. The van der Waals surface area contributed by atoms with Crippen LogP contribution in [-0.4, -0.2) is 19.6 Å². The number of nitrogens with one attached hydrogen (secondary N) is 1. The van der Waals surface area contributed by atoms with Gasteiger partial charge in [-0.25, -0.2) is 28.1 Å². The summed E-state index contributed by atoms with van der Waals surface area (Å²) in [7, 11) is 0. The standard InChI is InChI=1S/C10H6F2N4O/c1-4-9-14-15-10(17)16(9)8-3-6(12)5(11)2-7(8)13-4/h2-3H,1H3,(H,15,17). The van der Waals surface area contributed by atoms with E-state index in [0.29, 0.717) is 11.3 Å². The highest BCUT2D eigenvalue weighted by Gasteiger charge is 2.12. The Morgan fingerprint density at radius 1 is 1.29 bits per heavy atom. The Labute approximate surface area is 92.7 Å². The van der Waals surface area contributed by atoms with Gasteiger partial charge in [0.15, 0.2) is 17.3 Å². The lowest BCUT2D eigenvalue weighted by atomic mass is 10.2. The van der Waals surface area contributed by atoms with Crippen LogP contribution in [0.3, 0.4) is 0 Å². The van der Waals surface area contributed by atoms with Crippen LogP contribution >= 0.6 is 0 Å². The first kappa shape index (κ1) is 9.88. The Balaban J connectivity index is 2.67. The van der Waals surface area contributed by atoms with Crippen molar-refractivity contribution in [2.75, 3.05) is 0 Å². The maximum atomic E-state index is 13.2. The number of rotatable bonds is 0. The van der Waals surface area contributed by atoms with Crippen molar-refractivity contribution in [2.24, 2.45) is 0 Å². The zero-order valence-electron chi connectivity index (χ0n) is 8.66. The molecule has 1 N–H and O–H groups in total. The largest absolute Gasteiger partial charge is 0.348 e. The molecule has 3 rings (SSSR count). The van der Waals surface area contributed by atoms with E-state index in [1.807, 2.05) is 0 Å². The molecule has 0 amide bonds. The van der Waals surface area contributed by atoms with E-state index in [9.17, 15) is 13.6 Å². The average Bonchev–Trinajstić information content (AvgIpc) is 2.65. The lowest BCUT2D eigenvalue weighted by Gasteiger charge is -2.03. The molecule has 0 unspecified atom stereocenters. The van der Waals surface area contributed by atoms with Gasteiger partial charge in [0.2, 0.25) is 0 Å². The molecule has 0 saturated heterocycles. The molecule has 7 heteroatoms. The van der Waals surface area contributed by atoms with Gasteiger partial charge in [0, 0.05) is 12.1 Å². The van der Waals surface area contributed by atoms with Gasteiger partial charge in [-0.1, -0.05) is 0 Å². The lowest BCUT2D eigenvalue weighted by Crippen LogP contribution is -2.11. The first-order valence-corrected chi connectivity index (χ1v) is 4.80. The molecule has 1 aromatic carbocycles. The second-order valence-corrected chi connectivity index (χ2v) is 3.64. The number of fused-ring (bicyclic) bond motifs is 3. The second kappa shape index (κ2) is 3.09. The van der Waals surface area contributed by atoms with E-state index in [4.69, 9.17) is 0 Å². The Kier molecular flexibility index (Phi) is 1.80. The fraction of sp³-hybridized carbons (Fsp3) is 0.100. The van der Waals surface area contributed by atoms with Crippen LogP contribution in [0, 0.1) is 18.6 Å². The average molecular weight is 236 g/mol. The monoisotopic (exact) mass is 236 g/mol. The topological polar surface area (TPSA) is 63.1 Å². The van der Waals surface area contributed by atoms with Crippen molar-refractivity contribution >= 4 is 16.7 Å². The van der Waals surface area contributed by atoms with E-state index in [0.717, 1.165) is 12.1 Å². The summed E-state index contributed by atoms with van der Waals surface area (Å²) >= 11 is 0. The second-order valence-electron chi connectivity index (χ2n) is 3.64. The molecule has 0 aliphatic carbocycles. The van der Waals surface area contributed by atoms with Crippen LogP contribution in [0.5, 0.6) is 0 Å². The van der Waals surface area contributed by atoms with Crippen LogP contribution in [0.15, 0.2) is 16.9 Å². The van der Waals surface area contributed by atoms with Gasteiger partial charge < -0.3 is 0 Å². The van der Waals surface area contributed by atoms with Gasteiger partial charge in [0.25, 0.3) is 0 Å². The number of hydrogen-bond donors (Lipinski definition) is 1. The number of aryl methyl sites for hydroxylation is 1. The van der Waals surface area contributed by atoms with Crippen molar-refractivity contribution in [3.05, 3.63) is 39.9 Å². The molecule has 0 bridgehead atoms. The molecule has 2 heterocycles. The highest BCUT2D eigenvalue weighted by molar-refractivity contribution is 5.78. The van der Waals surface area contributed by atoms with Crippen LogP contribution in [0.25, 0.3) is 16.7 Å². The molecule has 3 aromatic rings. The number of nitrogens with zero attached hydrogens (tertiary/aromatic N) is 3. The number of H-pyrrole nitrogens is 1. The summed E-state index contributed by atoms with van der Waals surface area (Å²) < 4.78 is 27.4. The van der Waals surface area contributed by atoms with Gasteiger partial charge in [-0.2, -0.15) is 5.10 Å². The molecule has 0 saturated carbocycles. The Morgan fingerprint density at radius 3 is 2.76 bits per heavy atom. The van der Waals surface area contributed by atoms with Gasteiger partial charge >= 0.3 is 5.69 Å². The summed E-state index contributed by atoms with van der Waals surface area (Å²) in [6, 6.07) is 1.89. The quantitative estimate of drug-likeness (QED) is 0.637. The molecule has 5 nitrogen and oxygen atoms in total. The lowest BCUT2D eigenvalue weighted by molar-refractivity contribution is 0.510. The summed E-state index contributed by atoms with van der Waals surface area (Å²) in [6.07, 6.45) is 0. The van der Waals surface area contributed by atoms with E-state index in [-0.39, 0.29) is 11.0 Å². The summed E-state index contributed by atoms with van der Waals surface area (Å²) in [5, 5.41) is 6.01. The minimum Gasteiger partial charge on any atom is -0.247 e. The zero-order valence-corrected chi connectivity index (χ0v) is 8.66. The minimum atomic E-state index is -1.03. The van der Waals surface area contributed by atoms with Crippen LogP contribution < -0.4 is 5.69 Å². The fourth-order valence-corrected chi connectivity index (χ4v) is 1.79. The summed E-state index contributed by atoms with van der Waals surface area (Å²) in [6.45, 7) is 1.64. The van der Waals surface area contributed by atoms with Gasteiger partial charge in [0.1, 0.15) is 0 Å². The number of benzene rings is 1. The number of halogens is 2. The van der Waals surface area contributed by atoms with Gasteiger partial charge in [-0.15, -0.1) is 0 Å². The third-order valence-electron chi connectivity index (χ3n) is 2.54. The summed E-state index contributed by atoms with van der Waals surface area (Å²) in [4.78, 5) is 15.6. The molecular weight excluding hydrogens is 230 g/mol. The van der Waals surface area contributed by atoms with Gasteiger partial charge in [-0.05, 0) is 6.92 Å². The van der Waals surface area contributed by atoms with Gasteiger partial charge in [0.05, 0.1) is 16.7 Å². The van der Waals surface area contributed by atoms with Crippen LogP contribution in [0.2, 0.25) is 0 Å². The molecule has 2 aromatic heterocycles. The molecular formula is C10H6F2N4O. The van der Waals surface area contributed by atoms with Crippen molar-refractivity contribution < 1.29 is 8.78 Å². The van der Waals surface area contributed by atoms with Crippen molar-refractivity contribution in [2.45, 2.75) is 6.92 Å². The minimum absolute atomic E-state index is 0.184. The molecule has 0 radical (unpaired) electrons. The van der Waals surface area contributed by atoms with Crippen LogP contribution in [0.1, 0.15) is 5.69 Å². The number of aromatic amines is 1. The van der Waals surface area contributed by atoms with E-state index >= 15 is 0 Å². The third kappa shape index (κ3) is 1.25. The molecule has 86 valence electrons. The summed E-state index contributed by atoms with van der Waals surface area (Å²) in [5.74, 6) is -2.03. The highest BCUT2D eigenvalue weighted by Crippen LogP contribution is 2.18. The van der Waals surface area contributed by atoms with Crippen LogP contribution in [0.4, 0.5) is 8.78 Å². The maximum absolute atomic E-state index is 13.2. The molecule has 0 atom stereocenters. The molecule has 0 spiro atoms. The van der Waals surface area contributed by atoms with E-state index in [1.54, 1.807) is 6.92 Å². The Morgan fingerprint density at radius 2 is 2.00 bits per heavy atom. The SMILES string of the molecule is Cc1nc2cc(F)c(F)cc2n2c(=O)[nH]nc12. The smallest absolute Gasteiger partial charge is 0.247 e. The maximum Gasteiger partial charge on any atom is 0.348 e. The molecule has 0 aliphatic heterocycles. The van der Waals surface area contributed by atoms with E-state index < -0.39 is 17.3 Å². The van der Waals surface area contributed by atoms with Crippen LogP contribution in [-0.2, 0) is 0 Å². The number of hydrogen-bond acceptors (Lipinski definition) is 3. The van der Waals surface area contributed by atoms with Crippen molar-refractivity contribution in [3.63, 3.8) is 0 Å². The van der Waals surface area contributed by atoms with E-state index in [2.05, 4.69) is 15.2 Å². The first-order chi connectivity index (χ1) is 8.08. The van der Waals surface area contributed by atoms with E-state index in [1.165, 1.54) is 4.40 Å².